The summed E-state index contributed by atoms with van der Waals surface area (Å²) in [6.45, 7) is 9.19. The maximum absolute atomic E-state index is 13.8. The molecule has 7 heteroatoms. The molecule has 2 amide bonds. The summed E-state index contributed by atoms with van der Waals surface area (Å²) in [5.74, 6) is 1.86. The Bertz CT molecular complexity index is 760. The van der Waals surface area contributed by atoms with Gasteiger partial charge in [-0.2, -0.15) is 0 Å². The van der Waals surface area contributed by atoms with E-state index in [0.717, 1.165) is 23.5 Å². The second kappa shape index (κ2) is 10.2. The predicted molar refractivity (Wildman–Crippen MR) is 131 cm³/mol. The zero-order valence-electron chi connectivity index (χ0n) is 19.3. The highest BCUT2D eigenvalue weighted by Gasteiger charge is 2.50. The van der Waals surface area contributed by atoms with E-state index in [1.165, 1.54) is 6.42 Å². The first kappa shape index (κ1) is 24.5. The van der Waals surface area contributed by atoms with E-state index >= 15 is 0 Å². The molecule has 2 aliphatic rings. The maximum Gasteiger partial charge on any atom is 0.246 e. The van der Waals surface area contributed by atoms with Crippen LogP contribution in [0.5, 0.6) is 0 Å². The normalized spacial score (nSPS) is 22.9. The number of benzene rings is 1. The number of carbonyl (C=O) groups is 2. The third-order valence-electron chi connectivity index (χ3n) is 6.15. The van der Waals surface area contributed by atoms with Gasteiger partial charge in [-0.3, -0.25) is 9.59 Å². The Kier molecular flexibility index (Phi) is 8.03. The SMILES string of the molecule is COC[C@@H]1CC2(CN1C(=O)C(NC(=O)C(C)c1ccccc1)C(C)(C)C)SCCCS2. The van der Waals surface area contributed by atoms with Gasteiger partial charge in [0.2, 0.25) is 11.8 Å². The number of nitrogens with zero attached hydrogens (tertiary/aromatic N) is 1. The smallest absolute Gasteiger partial charge is 0.246 e. The summed E-state index contributed by atoms with van der Waals surface area (Å²) < 4.78 is 5.54. The topological polar surface area (TPSA) is 58.6 Å². The van der Waals surface area contributed by atoms with Crippen molar-refractivity contribution in [1.82, 2.24) is 10.2 Å². The summed E-state index contributed by atoms with van der Waals surface area (Å²) in [5, 5.41) is 3.10. The molecule has 0 bridgehead atoms. The molecular formula is C24H36N2O3S2. The van der Waals surface area contributed by atoms with Crippen LogP contribution in [0.25, 0.3) is 0 Å². The van der Waals surface area contributed by atoms with E-state index in [4.69, 9.17) is 4.74 Å². The van der Waals surface area contributed by atoms with Crippen molar-refractivity contribution in [2.45, 2.75) is 62.6 Å². The third-order valence-corrected chi connectivity index (χ3v) is 9.49. The van der Waals surface area contributed by atoms with E-state index in [-0.39, 0.29) is 27.9 Å². The third kappa shape index (κ3) is 5.79. The van der Waals surface area contributed by atoms with Crippen molar-refractivity contribution in [1.29, 1.82) is 0 Å². The molecule has 2 saturated heterocycles. The van der Waals surface area contributed by atoms with Gasteiger partial charge in [0.05, 0.1) is 22.6 Å². The van der Waals surface area contributed by atoms with Crippen LogP contribution in [0.15, 0.2) is 30.3 Å². The number of rotatable bonds is 6. The first-order chi connectivity index (χ1) is 14.7. The Labute approximate surface area is 195 Å². The van der Waals surface area contributed by atoms with Crippen molar-refractivity contribution in [2.75, 3.05) is 31.8 Å². The Morgan fingerprint density at radius 3 is 2.45 bits per heavy atom. The van der Waals surface area contributed by atoms with Gasteiger partial charge < -0.3 is 15.0 Å². The standard InChI is InChI=1S/C24H36N2O3S2/c1-17(18-10-7-6-8-11-18)21(27)25-20(23(2,3)4)22(28)26-16-24(14-19(26)15-29-5)30-12-9-13-31-24/h6-8,10-11,17,19-20H,9,12-16H2,1-5H3,(H,25,27)/t17?,19-,20?/m0/s1. The zero-order valence-corrected chi connectivity index (χ0v) is 21.0. The number of methoxy groups -OCH3 is 1. The lowest BCUT2D eigenvalue weighted by Crippen LogP contribution is -2.57. The molecule has 0 aliphatic carbocycles. The molecule has 0 saturated carbocycles. The molecule has 172 valence electrons. The monoisotopic (exact) mass is 464 g/mol. The minimum Gasteiger partial charge on any atom is -0.383 e. The molecule has 1 aromatic rings. The van der Waals surface area contributed by atoms with Gasteiger partial charge in [-0.05, 0) is 42.2 Å². The second-order valence-electron chi connectivity index (χ2n) is 9.68. The predicted octanol–water partition coefficient (Wildman–Crippen LogP) is 4.13. The number of hydrogen-bond acceptors (Lipinski definition) is 5. The highest BCUT2D eigenvalue weighted by Crippen LogP contribution is 2.50. The molecule has 2 aliphatic heterocycles. The Hall–Kier alpha value is -1.18. The van der Waals surface area contributed by atoms with Gasteiger partial charge >= 0.3 is 0 Å². The van der Waals surface area contributed by atoms with Crippen molar-refractivity contribution >= 4 is 35.3 Å². The fourth-order valence-electron chi connectivity index (χ4n) is 4.32. The fraction of sp³-hybridized carbons (Fsp3) is 0.667. The first-order valence-electron chi connectivity index (χ1n) is 11.1. The molecule has 5 nitrogen and oxygen atoms in total. The number of amides is 2. The minimum atomic E-state index is -0.584. The molecule has 2 unspecified atom stereocenters. The molecular weight excluding hydrogens is 428 g/mol. The van der Waals surface area contributed by atoms with Crippen LogP contribution in [-0.4, -0.2) is 64.6 Å². The average molecular weight is 465 g/mol. The van der Waals surface area contributed by atoms with E-state index in [9.17, 15) is 9.59 Å². The van der Waals surface area contributed by atoms with Crippen LogP contribution in [0.1, 0.15) is 52.0 Å². The molecule has 2 fully saturated rings. The zero-order chi connectivity index (χ0) is 22.6. The van der Waals surface area contributed by atoms with Crippen molar-refractivity contribution in [3.05, 3.63) is 35.9 Å². The van der Waals surface area contributed by atoms with Gasteiger partial charge in [0.25, 0.3) is 0 Å². The van der Waals surface area contributed by atoms with Crippen LogP contribution in [0.4, 0.5) is 0 Å². The molecule has 31 heavy (non-hydrogen) atoms. The van der Waals surface area contributed by atoms with E-state index in [1.807, 2.05) is 86.5 Å². The molecule has 1 spiro atoms. The molecule has 0 radical (unpaired) electrons. The van der Waals surface area contributed by atoms with E-state index < -0.39 is 11.5 Å². The number of hydrogen-bond donors (Lipinski definition) is 1. The molecule has 1 aromatic carbocycles. The molecule has 3 rings (SSSR count). The number of thioether (sulfide) groups is 2. The van der Waals surface area contributed by atoms with Gasteiger partial charge in [-0.1, -0.05) is 51.1 Å². The van der Waals surface area contributed by atoms with Crippen molar-refractivity contribution in [3.63, 3.8) is 0 Å². The fourth-order valence-corrected chi connectivity index (χ4v) is 7.74. The van der Waals surface area contributed by atoms with Gasteiger partial charge in [-0.15, -0.1) is 23.5 Å². The highest BCUT2D eigenvalue weighted by atomic mass is 32.2. The summed E-state index contributed by atoms with van der Waals surface area (Å²) >= 11 is 3.97. The van der Waals surface area contributed by atoms with Crippen molar-refractivity contribution in [2.24, 2.45) is 5.41 Å². The summed E-state index contributed by atoms with van der Waals surface area (Å²) in [5.41, 5.74) is 0.552. The van der Waals surface area contributed by atoms with Crippen LogP contribution < -0.4 is 5.32 Å². The minimum absolute atomic E-state index is 0.00631. The summed E-state index contributed by atoms with van der Waals surface area (Å²) in [7, 11) is 1.69. The van der Waals surface area contributed by atoms with E-state index in [0.29, 0.717) is 13.2 Å². The van der Waals surface area contributed by atoms with Gasteiger partial charge in [0.1, 0.15) is 6.04 Å². The summed E-state index contributed by atoms with van der Waals surface area (Å²) in [4.78, 5) is 28.9. The lowest BCUT2D eigenvalue weighted by molar-refractivity contribution is -0.141. The van der Waals surface area contributed by atoms with Crippen molar-refractivity contribution < 1.29 is 14.3 Å². The Morgan fingerprint density at radius 1 is 1.23 bits per heavy atom. The second-order valence-corrected chi connectivity index (χ2v) is 12.9. The van der Waals surface area contributed by atoms with Crippen LogP contribution in [0.2, 0.25) is 0 Å². The molecule has 0 aromatic heterocycles. The Morgan fingerprint density at radius 2 is 1.87 bits per heavy atom. The van der Waals surface area contributed by atoms with E-state index in [1.54, 1.807) is 7.11 Å². The lowest BCUT2D eigenvalue weighted by atomic mass is 9.85. The molecule has 1 N–H and O–H groups in total. The maximum atomic E-state index is 13.8. The van der Waals surface area contributed by atoms with Gasteiger partial charge in [0.15, 0.2) is 0 Å². The van der Waals surface area contributed by atoms with Gasteiger partial charge in [-0.25, -0.2) is 0 Å². The molecule has 2 heterocycles. The number of carbonyl (C=O) groups excluding carboxylic acids is 2. The Balaban J connectivity index is 1.79. The lowest BCUT2D eigenvalue weighted by Gasteiger charge is -2.37. The average Bonchev–Trinajstić information content (AvgIpc) is 3.08. The largest absolute Gasteiger partial charge is 0.383 e. The molecule has 3 atom stereocenters. The number of nitrogens with one attached hydrogen (secondary N) is 1. The van der Waals surface area contributed by atoms with Crippen LogP contribution in [-0.2, 0) is 14.3 Å². The van der Waals surface area contributed by atoms with Crippen LogP contribution in [0, 0.1) is 5.41 Å². The summed E-state index contributed by atoms with van der Waals surface area (Å²) in [6, 6.07) is 9.18. The van der Waals surface area contributed by atoms with Crippen LogP contribution in [0.3, 0.4) is 0 Å². The van der Waals surface area contributed by atoms with Crippen molar-refractivity contribution in [3.8, 4) is 0 Å². The number of ether oxygens (including phenoxy) is 1. The first-order valence-corrected chi connectivity index (χ1v) is 13.1. The van der Waals surface area contributed by atoms with E-state index in [2.05, 4.69) is 5.32 Å². The van der Waals surface area contributed by atoms with Gasteiger partial charge in [0, 0.05) is 13.7 Å². The highest BCUT2D eigenvalue weighted by molar-refractivity contribution is 8.18. The quantitative estimate of drug-likeness (QED) is 0.686. The number of likely N-dealkylation sites (tertiary alicyclic amines) is 1. The van der Waals surface area contributed by atoms with Crippen LogP contribution >= 0.6 is 23.5 Å². The summed E-state index contributed by atoms with van der Waals surface area (Å²) in [6.07, 6.45) is 2.16.